The van der Waals surface area contributed by atoms with Gasteiger partial charge in [-0.25, -0.2) is 0 Å². The molecule has 18 heavy (non-hydrogen) atoms. The van der Waals surface area contributed by atoms with E-state index in [9.17, 15) is 0 Å². The maximum absolute atomic E-state index is 4.17. The van der Waals surface area contributed by atoms with E-state index >= 15 is 0 Å². The zero-order valence-electron chi connectivity index (χ0n) is 10.8. The average molecular weight is 260 g/mol. The number of pyridine rings is 1. The Bertz CT molecular complexity index is 425. The Morgan fingerprint density at radius 3 is 2.94 bits per heavy atom. The van der Waals surface area contributed by atoms with Crippen molar-refractivity contribution in [2.45, 2.75) is 32.2 Å². The van der Waals surface area contributed by atoms with Gasteiger partial charge in [0.1, 0.15) is 0 Å². The van der Waals surface area contributed by atoms with Crippen molar-refractivity contribution in [2.24, 2.45) is 0 Å². The Labute approximate surface area is 113 Å². The molecule has 2 aromatic rings. The summed E-state index contributed by atoms with van der Waals surface area (Å²) in [6.45, 7) is 3.20. The third kappa shape index (κ3) is 4.24. The van der Waals surface area contributed by atoms with Crippen LogP contribution in [-0.4, -0.2) is 17.6 Å². The van der Waals surface area contributed by atoms with Crippen LogP contribution < -0.4 is 5.32 Å². The molecule has 1 unspecified atom stereocenters. The molecular weight excluding hydrogens is 240 g/mol. The highest BCUT2D eigenvalue weighted by molar-refractivity contribution is 7.07. The predicted octanol–water partition coefficient (Wildman–Crippen LogP) is 3.30. The summed E-state index contributed by atoms with van der Waals surface area (Å²) in [7, 11) is 0. The first kappa shape index (κ1) is 13.2. The van der Waals surface area contributed by atoms with E-state index in [2.05, 4.69) is 40.1 Å². The minimum Gasteiger partial charge on any atom is -0.314 e. The van der Waals surface area contributed by atoms with Gasteiger partial charge in [0.05, 0.1) is 0 Å². The molecule has 2 heterocycles. The Balaban J connectivity index is 1.86. The second-order valence-corrected chi connectivity index (χ2v) is 5.27. The number of thiophene rings is 1. The fourth-order valence-electron chi connectivity index (χ4n) is 2.15. The molecule has 2 rings (SSSR count). The van der Waals surface area contributed by atoms with Crippen molar-refractivity contribution in [1.29, 1.82) is 0 Å². The quantitative estimate of drug-likeness (QED) is 0.826. The normalized spacial score (nSPS) is 12.5. The summed E-state index contributed by atoms with van der Waals surface area (Å²) in [6, 6.07) is 6.95. The summed E-state index contributed by atoms with van der Waals surface area (Å²) in [5.74, 6) is 0. The molecule has 3 heteroatoms. The Kier molecular flexibility index (Phi) is 5.36. The average Bonchev–Trinajstić information content (AvgIpc) is 2.90. The van der Waals surface area contributed by atoms with Crippen molar-refractivity contribution in [3.8, 4) is 0 Å². The molecule has 2 nitrogen and oxygen atoms in total. The summed E-state index contributed by atoms with van der Waals surface area (Å²) >= 11 is 1.78. The molecule has 0 aliphatic rings. The van der Waals surface area contributed by atoms with Crippen molar-refractivity contribution in [1.82, 2.24) is 10.3 Å². The molecule has 0 saturated heterocycles. The number of aryl methyl sites for hydroxylation is 1. The number of rotatable bonds is 7. The lowest BCUT2D eigenvalue weighted by Gasteiger charge is -2.17. The van der Waals surface area contributed by atoms with Crippen LogP contribution in [0.3, 0.4) is 0 Å². The molecule has 0 amide bonds. The molecule has 0 saturated carbocycles. The number of nitrogens with one attached hydrogen (secondary N) is 1. The van der Waals surface area contributed by atoms with E-state index in [-0.39, 0.29) is 0 Å². The van der Waals surface area contributed by atoms with Crippen LogP contribution in [-0.2, 0) is 12.8 Å². The lowest BCUT2D eigenvalue weighted by molar-refractivity contribution is 0.491. The van der Waals surface area contributed by atoms with Crippen LogP contribution >= 0.6 is 11.3 Å². The molecule has 0 aromatic carbocycles. The molecule has 2 aromatic heterocycles. The summed E-state index contributed by atoms with van der Waals surface area (Å²) in [5, 5.41) is 7.97. The number of hydrogen-bond donors (Lipinski definition) is 1. The van der Waals surface area contributed by atoms with Gasteiger partial charge in [0.15, 0.2) is 0 Å². The molecule has 0 spiro atoms. The van der Waals surface area contributed by atoms with Gasteiger partial charge in [0.2, 0.25) is 0 Å². The van der Waals surface area contributed by atoms with Crippen LogP contribution in [0.4, 0.5) is 0 Å². The third-order valence-electron chi connectivity index (χ3n) is 3.06. The molecule has 96 valence electrons. The van der Waals surface area contributed by atoms with Crippen molar-refractivity contribution in [3.63, 3.8) is 0 Å². The second kappa shape index (κ2) is 7.29. The summed E-state index contributed by atoms with van der Waals surface area (Å²) in [4.78, 5) is 4.17. The second-order valence-electron chi connectivity index (χ2n) is 4.49. The molecule has 0 fully saturated rings. The monoisotopic (exact) mass is 260 g/mol. The van der Waals surface area contributed by atoms with Gasteiger partial charge in [-0.3, -0.25) is 4.98 Å². The fraction of sp³-hybridized carbons (Fsp3) is 0.400. The van der Waals surface area contributed by atoms with E-state index in [0.717, 1.165) is 25.8 Å². The Morgan fingerprint density at radius 2 is 2.28 bits per heavy atom. The molecule has 0 aliphatic carbocycles. The van der Waals surface area contributed by atoms with Crippen molar-refractivity contribution < 1.29 is 0 Å². The van der Waals surface area contributed by atoms with Gasteiger partial charge in [-0.1, -0.05) is 13.0 Å². The highest BCUT2D eigenvalue weighted by atomic mass is 32.1. The molecule has 0 bridgehead atoms. The van der Waals surface area contributed by atoms with Crippen molar-refractivity contribution in [3.05, 3.63) is 52.5 Å². The molecule has 1 N–H and O–H groups in total. The predicted molar refractivity (Wildman–Crippen MR) is 78.0 cm³/mol. The first-order valence-corrected chi connectivity index (χ1v) is 7.46. The summed E-state index contributed by atoms with van der Waals surface area (Å²) < 4.78 is 0. The molecular formula is C15H20N2S. The van der Waals surface area contributed by atoms with Gasteiger partial charge >= 0.3 is 0 Å². The number of likely N-dealkylation sites (N-methyl/N-ethyl adjacent to an activating group) is 1. The first-order chi connectivity index (χ1) is 8.88. The zero-order valence-corrected chi connectivity index (χ0v) is 11.6. The van der Waals surface area contributed by atoms with Gasteiger partial charge < -0.3 is 5.32 Å². The first-order valence-electron chi connectivity index (χ1n) is 6.52. The van der Waals surface area contributed by atoms with Crippen LogP contribution in [0.15, 0.2) is 41.4 Å². The third-order valence-corrected chi connectivity index (χ3v) is 3.79. The van der Waals surface area contributed by atoms with Crippen LogP contribution in [0.1, 0.15) is 24.5 Å². The van der Waals surface area contributed by atoms with Crippen LogP contribution in [0.25, 0.3) is 0 Å². The fourth-order valence-corrected chi connectivity index (χ4v) is 2.83. The summed E-state index contributed by atoms with van der Waals surface area (Å²) in [5.41, 5.74) is 2.77. The molecule has 0 radical (unpaired) electrons. The minimum absolute atomic E-state index is 0.560. The van der Waals surface area contributed by atoms with E-state index in [1.165, 1.54) is 11.1 Å². The maximum Gasteiger partial charge on any atom is 0.0299 e. The van der Waals surface area contributed by atoms with E-state index in [0.29, 0.717) is 6.04 Å². The van der Waals surface area contributed by atoms with Gasteiger partial charge in [0.25, 0.3) is 0 Å². The van der Waals surface area contributed by atoms with E-state index in [1.54, 1.807) is 11.3 Å². The highest BCUT2D eigenvalue weighted by Gasteiger charge is 2.09. The van der Waals surface area contributed by atoms with Crippen LogP contribution in [0, 0.1) is 0 Å². The van der Waals surface area contributed by atoms with E-state index in [1.807, 2.05) is 18.5 Å². The topological polar surface area (TPSA) is 24.9 Å². The van der Waals surface area contributed by atoms with E-state index in [4.69, 9.17) is 0 Å². The molecule has 1 atom stereocenters. The van der Waals surface area contributed by atoms with Crippen molar-refractivity contribution in [2.75, 3.05) is 6.54 Å². The number of hydrogen-bond acceptors (Lipinski definition) is 3. The Morgan fingerprint density at radius 1 is 1.33 bits per heavy atom. The number of aromatic nitrogens is 1. The maximum atomic E-state index is 4.17. The van der Waals surface area contributed by atoms with Crippen molar-refractivity contribution >= 4 is 11.3 Å². The van der Waals surface area contributed by atoms with Gasteiger partial charge in [-0.05, 0) is 59.8 Å². The summed E-state index contributed by atoms with van der Waals surface area (Å²) in [6.07, 6.45) is 7.17. The highest BCUT2D eigenvalue weighted by Crippen LogP contribution is 2.12. The Hall–Kier alpha value is -1.19. The van der Waals surface area contributed by atoms with E-state index < -0.39 is 0 Å². The SMILES string of the molecule is CCNC(CCc1cccnc1)Cc1ccsc1. The molecule has 0 aliphatic heterocycles. The van der Waals surface area contributed by atoms with Crippen LogP contribution in [0.5, 0.6) is 0 Å². The number of nitrogens with zero attached hydrogens (tertiary/aromatic N) is 1. The lowest BCUT2D eigenvalue weighted by atomic mass is 10.0. The van der Waals surface area contributed by atoms with Gasteiger partial charge in [0, 0.05) is 18.4 Å². The van der Waals surface area contributed by atoms with Gasteiger partial charge in [-0.2, -0.15) is 11.3 Å². The standard InChI is InChI=1S/C15H20N2S/c1-2-17-15(10-14-7-9-18-12-14)6-5-13-4-3-8-16-11-13/h3-4,7-9,11-12,15,17H,2,5-6,10H2,1H3. The van der Waals surface area contributed by atoms with Gasteiger partial charge in [-0.15, -0.1) is 0 Å². The largest absolute Gasteiger partial charge is 0.314 e. The van der Waals surface area contributed by atoms with Crippen LogP contribution in [0.2, 0.25) is 0 Å². The minimum atomic E-state index is 0.560. The smallest absolute Gasteiger partial charge is 0.0299 e. The lowest BCUT2D eigenvalue weighted by Crippen LogP contribution is -2.31. The zero-order chi connectivity index (χ0) is 12.6.